The number of piperidine rings is 1. The smallest absolute Gasteiger partial charge is 0.262 e. The molecule has 1 amide bonds. The number of hydrogen-bond donors (Lipinski definition) is 0. The summed E-state index contributed by atoms with van der Waals surface area (Å²) in [5.74, 6) is 1.51. The standard InChI is InChI=1S/C24H34N4O3S/c1-18-14-19(2)16-27(15-18)22(29)17-32-24-25-21-7-4-3-6-20(21)23(30)28(24)9-5-8-26-10-12-31-13-11-26/h3-4,6-7,18-19H,5,8-17H2,1-2H3. The van der Waals surface area contributed by atoms with Crippen LogP contribution < -0.4 is 5.56 Å². The van der Waals surface area contributed by atoms with Gasteiger partial charge in [0, 0.05) is 39.3 Å². The molecule has 0 N–H and O–H groups in total. The van der Waals surface area contributed by atoms with Crippen molar-refractivity contribution < 1.29 is 9.53 Å². The number of morpholine rings is 1. The van der Waals surface area contributed by atoms with Gasteiger partial charge in [-0.05, 0) is 36.8 Å². The SMILES string of the molecule is CC1CC(C)CN(C(=O)CSc2nc3ccccc3c(=O)n2CCCN2CCOCC2)C1. The monoisotopic (exact) mass is 458 g/mol. The van der Waals surface area contributed by atoms with E-state index < -0.39 is 0 Å². The second kappa shape index (κ2) is 10.8. The number of para-hydroxylation sites is 1. The quantitative estimate of drug-likeness (QED) is 0.470. The summed E-state index contributed by atoms with van der Waals surface area (Å²) in [6.07, 6.45) is 2.04. The number of nitrogens with zero attached hydrogens (tertiary/aromatic N) is 4. The van der Waals surface area contributed by atoms with Crippen molar-refractivity contribution in [2.24, 2.45) is 11.8 Å². The van der Waals surface area contributed by atoms with Crippen molar-refractivity contribution in [2.45, 2.75) is 38.4 Å². The molecule has 2 aliphatic heterocycles. The van der Waals surface area contributed by atoms with Crippen LogP contribution >= 0.6 is 11.8 Å². The summed E-state index contributed by atoms with van der Waals surface area (Å²) in [5, 5.41) is 1.27. The molecule has 0 bridgehead atoms. The number of fused-ring (bicyclic) bond motifs is 1. The average molecular weight is 459 g/mol. The lowest BCUT2D eigenvalue weighted by Gasteiger charge is -2.35. The maximum absolute atomic E-state index is 13.2. The number of amides is 1. The normalized spacial score (nSPS) is 22.4. The van der Waals surface area contributed by atoms with E-state index in [2.05, 4.69) is 18.7 Å². The molecular formula is C24H34N4O3S. The van der Waals surface area contributed by atoms with Crippen LogP contribution in [0.25, 0.3) is 10.9 Å². The van der Waals surface area contributed by atoms with Crippen molar-refractivity contribution in [2.75, 3.05) is 51.7 Å². The first-order chi connectivity index (χ1) is 15.5. The molecule has 0 aliphatic carbocycles. The van der Waals surface area contributed by atoms with Gasteiger partial charge in [-0.25, -0.2) is 4.98 Å². The zero-order chi connectivity index (χ0) is 22.5. The van der Waals surface area contributed by atoms with E-state index in [1.807, 2.05) is 29.2 Å². The second-order valence-electron chi connectivity index (χ2n) is 9.21. The number of ether oxygens (including phenoxy) is 1. The Labute approximate surface area is 194 Å². The van der Waals surface area contributed by atoms with Gasteiger partial charge in [0.25, 0.3) is 5.56 Å². The molecule has 2 saturated heterocycles. The fourth-order valence-electron chi connectivity index (χ4n) is 4.82. The van der Waals surface area contributed by atoms with Crippen LogP contribution in [-0.2, 0) is 16.1 Å². The highest BCUT2D eigenvalue weighted by molar-refractivity contribution is 7.99. The van der Waals surface area contributed by atoms with Gasteiger partial charge in [-0.3, -0.25) is 19.1 Å². The van der Waals surface area contributed by atoms with E-state index in [1.54, 1.807) is 4.57 Å². The number of carbonyl (C=O) groups is 1. The molecule has 3 heterocycles. The molecule has 8 heteroatoms. The van der Waals surface area contributed by atoms with Gasteiger partial charge in [0.15, 0.2) is 5.16 Å². The van der Waals surface area contributed by atoms with Crippen LogP contribution in [0.5, 0.6) is 0 Å². The lowest BCUT2D eigenvalue weighted by molar-refractivity contribution is -0.130. The van der Waals surface area contributed by atoms with Crippen molar-refractivity contribution in [3.05, 3.63) is 34.6 Å². The Morgan fingerprint density at radius 2 is 1.84 bits per heavy atom. The summed E-state index contributed by atoms with van der Waals surface area (Å²) in [6, 6.07) is 7.47. The Morgan fingerprint density at radius 3 is 2.59 bits per heavy atom. The predicted octanol–water partition coefficient (Wildman–Crippen LogP) is 2.72. The molecule has 7 nitrogen and oxygen atoms in total. The molecule has 4 rings (SSSR count). The molecular weight excluding hydrogens is 424 g/mol. The third-order valence-electron chi connectivity index (χ3n) is 6.33. The molecule has 2 unspecified atom stereocenters. The molecule has 32 heavy (non-hydrogen) atoms. The third-order valence-corrected chi connectivity index (χ3v) is 7.29. The van der Waals surface area contributed by atoms with Gasteiger partial charge >= 0.3 is 0 Å². The first-order valence-electron chi connectivity index (χ1n) is 11.7. The number of hydrogen-bond acceptors (Lipinski definition) is 6. The summed E-state index contributed by atoms with van der Waals surface area (Å²) in [7, 11) is 0. The Hall–Kier alpha value is -1.90. The number of aromatic nitrogens is 2. The molecule has 0 saturated carbocycles. The molecule has 1 aromatic carbocycles. The van der Waals surface area contributed by atoms with Gasteiger partial charge in [0.05, 0.1) is 29.9 Å². The van der Waals surface area contributed by atoms with Crippen LogP contribution in [0, 0.1) is 11.8 Å². The van der Waals surface area contributed by atoms with Crippen molar-refractivity contribution >= 4 is 28.6 Å². The third kappa shape index (κ3) is 5.71. The number of thioether (sulfide) groups is 1. The summed E-state index contributed by atoms with van der Waals surface area (Å²) >= 11 is 1.39. The van der Waals surface area contributed by atoms with E-state index in [-0.39, 0.29) is 11.5 Å². The van der Waals surface area contributed by atoms with Crippen molar-refractivity contribution in [1.82, 2.24) is 19.4 Å². The van der Waals surface area contributed by atoms with E-state index in [9.17, 15) is 9.59 Å². The molecule has 0 spiro atoms. The zero-order valence-electron chi connectivity index (χ0n) is 19.2. The Kier molecular flexibility index (Phi) is 7.86. The van der Waals surface area contributed by atoms with Gasteiger partial charge in [0.2, 0.25) is 5.91 Å². The van der Waals surface area contributed by atoms with Gasteiger partial charge in [-0.1, -0.05) is 37.7 Å². The van der Waals surface area contributed by atoms with E-state index in [0.717, 1.165) is 52.4 Å². The largest absolute Gasteiger partial charge is 0.379 e. The van der Waals surface area contributed by atoms with Crippen LogP contribution in [0.1, 0.15) is 26.7 Å². The average Bonchev–Trinajstić information content (AvgIpc) is 2.79. The zero-order valence-corrected chi connectivity index (χ0v) is 20.0. The molecule has 174 valence electrons. The first-order valence-corrected chi connectivity index (χ1v) is 12.7. The highest BCUT2D eigenvalue weighted by Gasteiger charge is 2.25. The van der Waals surface area contributed by atoms with E-state index in [0.29, 0.717) is 40.2 Å². The minimum atomic E-state index is -0.0206. The van der Waals surface area contributed by atoms with Gasteiger partial charge < -0.3 is 9.64 Å². The Morgan fingerprint density at radius 1 is 1.12 bits per heavy atom. The molecule has 2 aliphatic rings. The summed E-state index contributed by atoms with van der Waals surface area (Å²) < 4.78 is 7.19. The maximum Gasteiger partial charge on any atom is 0.262 e. The summed E-state index contributed by atoms with van der Waals surface area (Å²) in [5.41, 5.74) is 0.671. The number of benzene rings is 1. The van der Waals surface area contributed by atoms with Crippen molar-refractivity contribution in [1.29, 1.82) is 0 Å². The van der Waals surface area contributed by atoms with Crippen LogP contribution in [-0.4, -0.2) is 76.9 Å². The van der Waals surface area contributed by atoms with E-state index >= 15 is 0 Å². The molecule has 0 radical (unpaired) electrons. The van der Waals surface area contributed by atoms with Gasteiger partial charge in [-0.2, -0.15) is 0 Å². The molecule has 2 atom stereocenters. The lowest BCUT2D eigenvalue weighted by Crippen LogP contribution is -2.43. The van der Waals surface area contributed by atoms with E-state index in [1.165, 1.54) is 18.2 Å². The predicted molar refractivity (Wildman–Crippen MR) is 128 cm³/mol. The van der Waals surface area contributed by atoms with Crippen LogP contribution in [0.3, 0.4) is 0 Å². The number of likely N-dealkylation sites (tertiary alicyclic amines) is 1. The highest BCUT2D eigenvalue weighted by atomic mass is 32.2. The topological polar surface area (TPSA) is 67.7 Å². The lowest BCUT2D eigenvalue weighted by atomic mass is 9.92. The van der Waals surface area contributed by atoms with Crippen LogP contribution in [0.4, 0.5) is 0 Å². The minimum Gasteiger partial charge on any atom is -0.379 e. The first kappa shape index (κ1) is 23.3. The molecule has 1 aromatic heterocycles. The Bertz CT molecular complexity index is 979. The van der Waals surface area contributed by atoms with E-state index in [4.69, 9.17) is 9.72 Å². The Balaban J connectivity index is 1.48. The van der Waals surface area contributed by atoms with Gasteiger partial charge in [0.1, 0.15) is 0 Å². The fourth-order valence-corrected chi connectivity index (χ4v) is 5.74. The van der Waals surface area contributed by atoms with Gasteiger partial charge in [-0.15, -0.1) is 0 Å². The number of rotatable bonds is 7. The second-order valence-corrected chi connectivity index (χ2v) is 10.2. The summed E-state index contributed by atoms with van der Waals surface area (Å²) in [4.78, 5) is 35.3. The minimum absolute atomic E-state index is 0.0206. The fraction of sp³-hybridized carbons (Fsp3) is 0.625. The number of carbonyl (C=O) groups excluding carboxylic acids is 1. The highest BCUT2D eigenvalue weighted by Crippen LogP contribution is 2.23. The summed E-state index contributed by atoms with van der Waals surface area (Å²) in [6.45, 7) is 11.0. The van der Waals surface area contributed by atoms with Crippen LogP contribution in [0.15, 0.2) is 34.2 Å². The molecule has 2 fully saturated rings. The molecule has 2 aromatic rings. The maximum atomic E-state index is 13.2. The van der Waals surface area contributed by atoms with Crippen molar-refractivity contribution in [3.8, 4) is 0 Å². The van der Waals surface area contributed by atoms with Crippen molar-refractivity contribution in [3.63, 3.8) is 0 Å². The van der Waals surface area contributed by atoms with Crippen LogP contribution in [0.2, 0.25) is 0 Å².